The summed E-state index contributed by atoms with van der Waals surface area (Å²) in [6, 6.07) is 0. The predicted molar refractivity (Wildman–Crippen MR) is 90.9 cm³/mol. The standard InChI is InChI=1S/C19H32O3/c1-16(2)10-6-4-5-8-13-19(18(20)21)14-9-7-11-17(19)12-15-22-3/h7,9,11,14,16-17H,4-6,8,10,12-13,15H2,1-3H3,(H,20,21). The van der Waals surface area contributed by atoms with Gasteiger partial charge in [-0.25, -0.2) is 0 Å². The van der Waals surface area contributed by atoms with Crippen LogP contribution in [0.4, 0.5) is 0 Å². The Balaban J connectivity index is 2.53. The van der Waals surface area contributed by atoms with Gasteiger partial charge >= 0.3 is 5.97 Å². The number of hydrogen-bond donors (Lipinski definition) is 1. The van der Waals surface area contributed by atoms with Gasteiger partial charge in [-0.3, -0.25) is 4.79 Å². The Morgan fingerprint density at radius 1 is 1.23 bits per heavy atom. The average molecular weight is 308 g/mol. The average Bonchev–Trinajstić information content (AvgIpc) is 2.49. The first kappa shape index (κ1) is 19.0. The molecule has 0 radical (unpaired) electrons. The molecular formula is C19H32O3. The van der Waals surface area contributed by atoms with E-state index in [1.54, 1.807) is 7.11 Å². The second-order valence-electron chi connectivity index (χ2n) is 6.82. The van der Waals surface area contributed by atoms with Gasteiger partial charge in [0.1, 0.15) is 0 Å². The molecule has 0 saturated heterocycles. The fourth-order valence-electron chi connectivity index (χ4n) is 3.25. The normalized spacial score (nSPS) is 24.1. The smallest absolute Gasteiger partial charge is 0.314 e. The number of rotatable bonds is 11. The van der Waals surface area contributed by atoms with Crippen molar-refractivity contribution in [3.63, 3.8) is 0 Å². The molecular weight excluding hydrogens is 276 g/mol. The van der Waals surface area contributed by atoms with Crippen LogP contribution in [0, 0.1) is 17.3 Å². The predicted octanol–water partition coefficient (Wildman–Crippen LogP) is 4.83. The van der Waals surface area contributed by atoms with E-state index in [-0.39, 0.29) is 5.92 Å². The number of aliphatic carboxylic acids is 1. The number of carboxylic acid groups (broad SMARTS) is 1. The van der Waals surface area contributed by atoms with Crippen LogP contribution < -0.4 is 0 Å². The molecule has 3 nitrogen and oxygen atoms in total. The van der Waals surface area contributed by atoms with E-state index in [1.165, 1.54) is 19.3 Å². The molecule has 0 aliphatic heterocycles. The molecule has 2 unspecified atom stereocenters. The molecule has 0 bridgehead atoms. The van der Waals surface area contributed by atoms with Crippen molar-refractivity contribution in [3.05, 3.63) is 24.3 Å². The minimum atomic E-state index is -0.745. The fraction of sp³-hybridized carbons (Fsp3) is 0.737. The molecule has 1 aliphatic rings. The van der Waals surface area contributed by atoms with E-state index in [0.717, 1.165) is 31.6 Å². The minimum absolute atomic E-state index is 0.0330. The van der Waals surface area contributed by atoms with Crippen LogP contribution in [-0.4, -0.2) is 24.8 Å². The lowest BCUT2D eigenvalue weighted by molar-refractivity contribution is -0.149. The molecule has 22 heavy (non-hydrogen) atoms. The van der Waals surface area contributed by atoms with E-state index in [9.17, 15) is 9.90 Å². The largest absolute Gasteiger partial charge is 0.481 e. The minimum Gasteiger partial charge on any atom is -0.481 e. The molecule has 0 heterocycles. The number of hydrogen-bond acceptors (Lipinski definition) is 2. The van der Waals surface area contributed by atoms with Crippen LogP contribution in [0.2, 0.25) is 0 Å². The van der Waals surface area contributed by atoms with Gasteiger partial charge in [-0.15, -0.1) is 0 Å². The van der Waals surface area contributed by atoms with Gasteiger partial charge in [0.25, 0.3) is 0 Å². The molecule has 0 fully saturated rings. The van der Waals surface area contributed by atoms with Crippen LogP contribution in [0.5, 0.6) is 0 Å². The van der Waals surface area contributed by atoms with E-state index in [0.29, 0.717) is 6.61 Å². The highest BCUT2D eigenvalue weighted by molar-refractivity contribution is 5.78. The van der Waals surface area contributed by atoms with Gasteiger partial charge in [-0.2, -0.15) is 0 Å². The summed E-state index contributed by atoms with van der Waals surface area (Å²) in [5.74, 6) is 0.0946. The molecule has 1 aliphatic carbocycles. The fourth-order valence-corrected chi connectivity index (χ4v) is 3.25. The van der Waals surface area contributed by atoms with Crippen LogP contribution in [-0.2, 0) is 9.53 Å². The highest BCUT2D eigenvalue weighted by atomic mass is 16.5. The van der Waals surface area contributed by atoms with Gasteiger partial charge < -0.3 is 9.84 Å². The van der Waals surface area contributed by atoms with E-state index in [1.807, 2.05) is 24.3 Å². The molecule has 3 heteroatoms. The number of carbonyl (C=O) groups is 1. The molecule has 0 aromatic rings. The number of unbranched alkanes of at least 4 members (excludes halogenated alkanes) is 3. The number of methoxy groups -OCH3 is 1. The van der Waals surface area contributed by atoms with Crippen molar-refractivity contribution in [2.45, 2.75) is 58.8 Å². The van der Waals surface area contributed by atoms with Crippen molar-refractivity contribution in [1.82, 2.24) is 0 Å². The van der Waals surface area contributed by atoms with Crippen LogP contribution in [0.3, 0.4) is 0 Å². The maximum absolute atomic E-state index is 11.9. The Morgan fingerprint density at radius 3 is 2.59 bits per heavy atom. The first-order valence-corrected chi connectivity index (χ1v) is 8.61. The summed E-state index contributed by atoms with van der Waals surface area (Å²) in [5.41, 5.74) is -0.745. The highest BCUT2D eigenvalue weighted by Crippen LogP contribution is 2.41. The molecule has 2 atom stereocenters. The van der Waals surface area contributed by atoms with Gasteiger partial charge in [0.2, 0.25) is 0 Å². The summed E-state index contributed by atoms with van der Waals surface area (Å²) >= 11 is 0. The number of allylic oxidation sites excluding steroid dienone is 3. The SMILES string of the molecule is COCCC1C=CC=CC1(CCCCCCC(C)C)C(=O)O. The van der Waals surface area contributed by atoms with E-state index >= 15 is 0 Å². The monoisotopic (exact) mass is 308 g/mol. The number of ether oxygens (including phenoxy) is 1. The molecule has 0 spiro atoms. The zero-order chi connectivity index (χ0) is 16.4. The third-order valence-electron chi connectivity index (χ3n) is 4.66. The van der Waals surface area contributed by atoms with Crippen LogP contribution >= 0.6 is 0 Å². The first-order chi connectivity index (χ1) is 10.5. The Bertz CT molecular complexity index is 384. The summed E-state index contributed by atoms with van der Waals surface area (Å²) in [6.45, 7) is 5.10. The Labute approximate surface area is 135 Å². The van der Waals surface area contributed by atoms with Crippen molar-refractivity contribution < 1.29 is 14.6 Å². The molecule has 1 N–H and O–H groups in total. The molecule has 0 aromatic carbocycles. The van der Waals surface area contributed by atoms with E-state index in [4.69, 9.17) is 4.74 Å². The molecule has 126 valence electrons. The second-order valence-corrected chi connectivity index (χ2v) is 6.82. The zero-order valence-electron chi connectivity index (χ0n) is 14.4. The van der Waals surface area contributed by atoms with Crippen molar-refractivity contribution in [2.24, 2.45) is 17.3 Å². The van der Waals surface area contributed by atoms with Gasteiger partial charge in [-0.1, -0.05) is 70.3 Å². The second kappa shape index (κ2) is 9.83. The Kier molecular flexibility index (Phi) is 8.47. The third kappa shape index (κ3) is 5.60. The summed E-state index contributed by atoms with van der Waals surface area (Å²) in [6.07, 6.45) is 15.1. The number of carboxylic acids is 1. The van der Waals surface area contributed by atoms with Gasteiger partial charge in [0, 0.05) is 13.7 Å². The van der Waals surface area contributed by atoms with Gasteiger partial charge in [0.05, 0.1) is 5.41 Å². The maximum atomic E-state index is 11.9. The lowest BCUT2D eigenvalue weighted by atomic mass is 9.68. The maximum Gasteiger partial charge on any atom is 0.314 e. The Morgan fingerprint density at radius 2 is 1.95 bits per heavy atom. The summed E-state index contributed by atoms with van der Waals surface area (Å²) in [7, 11) is 1.67. The Hall–Kier alpha value is -1.09. The first-order valence-electron chi connectivity index (χ1n) is 8.61. The zero-order valence-corrected chi connectivity index (χ0v) is 14.4. The van der Waals surface area contributed by atoms with Crippen molar-refractivity contribution in [1.29, 1.82) is 0 Å². The highest BCUT2D eigenvalue weighted by Gasteiger charge is 2.42. The van der Waals surface area contributed by atoms with E-state index < -0.39 is 11.4 Å². The van der Waals surface area contributed by atoms with Crippen LogP contribution in [0.25, 0.3) is 0 Å². The van der Waals surface area contributed by atoms with Gasteiger partial charge in [-0.05, 0) is 24.7 Å². The van der Waals surface area contributed by atoms with Crippen molar-refractivity contribution >= 4 is 5.97 Å². The van der Waals surface area contributed by atoms with E-state index in [2.05, 4.69) is 13.8 Å². The summed E-state index contributed by atoms with van der Waals surface area (Å²) in [5, 5.41) is 9.81. The third-order valence-corrected chi connectivity index (χ3v) is 4.66. The molecule has 1 rings (SSSR count). The molecule has 0 aromatic heterocycles. The quantitative estimate of drug-likeness (QED) is 0.556. The van der Waals surface area contributed by atoms with Gasteiger partial charge in [0.15, 0.2) is 0 Å². The van der Waals surface area contributed by atoms with Crippen LogP contribution in [0.15, 0.2) is 24.3 Å². The molecule has 0 amide bonds. The lowest BCUT2D eigenvalue weighted by Crippen LogP contribution is -2.38. The summed E-state index contributed by atoms with van der Waals surface area (Å²) in [4.78, 5) is 11.9. The molecule has 0 saturated carbocycles. The topological polar surface area (TPSA) is 46.5 Å². The summed E-state index contributed by atoms with van der Waals surface area (Å²) < 4.78 is 5.15. The van der Waals surface area contributed by atoms with Crippen LogP contribution in [0.1, 0.15) is 58.8 Å². The van der Waals surface area contributed by atoms with Crippen molar-refractivity contribution in [3.8, 4) is 0 Å². The lowest BCUT2D eigenvalue weighted by Gasteiger charge is -2.35. The van der Waals surface area contributed by atoms with Crippen molar-refractivity contribution in [2.75, 3.05) is 13.7 Å².